The second-order valence-electron chi connectivity index (χ2n) is 9.26. The molecule has 2 fully saturated rings. The van der Waals surface area contributed by atoms with Gasteiger partial charge in [0, 0.05) is 18.5 Å². The number of amides is 1. The third-order valence-electron chi connectivity index (χ3n) is 6.56. The van der Waals surface area contributed by atoms with Crippen molar-refractivity contribution in [1.29, 1.82) is 0 Å². The van der Waals surface area contributed by atoms with Crippen LogP contribution in [0.5, 0.6) is 11.5 Å². The van der Waals surface area contributed by atoms with Crippen LogP contribution in [-0.4, -0.2) is 37.9 Å². The number of benzene rings is 2. The molecule has 5 nitrogen and oxygen atoms in total. The lowest BCUT2D eigenvalue weighted by molar-refractivity contribution is -0.135. The molecule has 0 aliphatic carbocycles. The van der Waals surface area contributed by atoms with Crippen LogP contribution in [0.3, 0.4) is 0 Å². The van der Waals surface area contributed by atoms with Crippen LogP contribution in [0.15, 0.2) is 60.7 Å². The van der Waals surface area contributed by atoms with Gasteiger partial charge in [-0.3, -0.25) is 4.79 Å². The van der Waals surface area contributed by atoms with Gasteiger partial charge in [0.1, 0.15) is 11.5 Å². The monoisotopic (exact) mass is 435 g/mol. The van der Waals surface area contributed by atoms with Crippen molar-refractivity contribution in [2.24, 2.45) is 5.92 Å². The average Bonchev–Trinajstić information content (AvgIpc) is 3.23. The average molecular weight is 436 g/mol. The standard InChI is InChI=1S/C27H33NO4/c1-18(2)13-21-17-27(19(3)14-23(32-27)15-20-9-7-6-8-10-20)26(29)28(21)24-12-11-22(30-4)16-25(24)31-5/h6-12,16,18,21,23H,3,13-15,17H2,1-2,4-5H3/t21-,23+,27-/m0/s1. The first-order chi connectivity index (χ1) is 15.4. The summed E-state index contributed by atoms with van der Waals surface area (Å²) in [6.45, 7) is 8.68. The maximum absolute atomic E-state index is 14.0. The maximum Gasteiger partial charge on any atom is 0.263 e. The quantitative estimate of drug-likeness (QED) is 0.562. The van der Waals surface area contributed by atoms with Crippen LogP contribution in [0.2, 0.25) is 0 Å². The lowest BCUT2D eigenvalue weighted by Crippen LogP contribution is -2.42. The highest BCUT2D eigenvalue weighted by atomic mass is 16.5. The number of ether oxygens (including phenoxy) is 3. The van der Waals surface area contributed by atoms with E-state index in [0.29, 0.717) is 30.3 Å². The fourth-order valence-corrected chi connectivity index (χ4v) is 5.13. The van der Waals surface area contributed by atoms with Gasteiger partial charge in [0.25, 0.3) is 5.91 Å². The minimum absolute atomic E-state index is 0.0111. The molecule has 3 atom stereocenters. The van der Waals surface area contributed by atoms with E-state index in [9.17, 15) is 4.79 Å². The molecule has 0 N–H and O–H groups in total. The molecule has 1 amide bonds. The van der Waals surface area contributed by atoms with Gasteiger partial charge in [0.15, 0.2) is 5.60 Å². The number of carbonyl (C=O) groups excluding carboxylic acids is 1. The second-order valence-corrected chi connectivity index (χ2v) is 9.26. The van der Waals surface area contributed by atoms with Gasteiger partial charge in [-0.15, -0.1) is 0 Å². The highest BCUT2D eigenvalue weighted by Crippen LogP contribution is 2.49. The van der Waals surface area contributed by atoms with E-state index in [0.717, 1.165) is 24.1 Å². The summed E-state index contributed by atoms with van der Waals surface area (Å²) in [5, 5.41) is 0. The first kappa shape index (κ1) is 22.4. The molecule has 0 unspecified atom stereocenters. The van der Waals surface area contributed by atoms with Crippen LogP contribution in [0.1, 0.15) is 38.7 Å². The van der Waals surface area contributed by atoms with Crippen molar-refractivity contribution in [1.82, 2.24) is 0 Å². The minimum atomic E-state index is -0.968. The van der Waals surface area contributed by atoms with Gasteiger partial charge in [-0.25, -0.2) is 0 Å². The summed E-state index contributed by atoms with van der Waals surface area (Å²) >= 11 is 0. The molecule has 4 rings (SSSR count). The van der Waals surface area contributed by atoms with E-state index in [1.165, 1.54) is 5.56 Å². The SMILES string of the molecule is C=C1C[C@H](Cc2ccccc2)O[C@@]12C[C@H](CC(C)C)N(c1ccc(OC)cc1OC)C2=O. The molecule has 0 radical (unpaired) electrons. The molecule has 170 valence electrons. The maximum atomic E-state index is 14.0. The molecule has 2 heterocycles. The Morgan fingerprint density at radius 2 is 1.91 bits per heavy atom. The summed E-state index contributed by atoms with van der Waals surface area (Å²) in [4.78, 5) is 15.9. The third kappa shape index (κ3) is 4.02. The molecule has 2 aromatic carbocycles. The molecule has 2 aromatic rings. The highest BCUT2D eigenvalue weighted by molar-refractivity contribution is 6.06. The Labute approximate surface area is 191 Å². The van der Waals surface area contributed by atoms with Gasteiger partial charge in [0.2, 0.25) is 0 Å². The normalized spacial score (nSPS) is 25.2. The number of hydrogen-bond donors (Lipinski definition) is 0. The second kappa shape index (κ2) is 8.99. The third-order valence-corrected chi connectivity index (χ3v) is 6.56. The topological polar surface area (TPSA) is 48.0 Å². The molecule has 0 saturated carbocycles. The number of hydrogen-bond acceptors (Lipinski definition) is 4. The predicted octanol–water partition coefficient (Wildman–Crippen LogP) is 5.18. The molecular weight excluding hydrogens is 402 g/mol. The number of nitrogens with zero attached hydrogens (tertiary/aromatic N) is 1. The number of rotatable bonds is 7. The summed E-state index contributed by atoms with van der Waals surface area (Å²) in [6.07, 6.45) is 2.91. The van der Waals surface area contributed by atoms with Crippen LogP contribution in [0.25, 0.3) is 0 Å². The Balaban J connectivity index is 1.67. The van der Waals surface area contributed by atoms with Gasteiger partial charge < -0.3 is 19.1 Å². The molecule has 1 spiro atoms. The summed E-state index contributed by atoms with van der Waals surface area (Å²) < 4.78 is 17.6. The van der Waals surface area contributed by atoms with Gasteiger partial charge in [-0.1, -0.05) is 50.8 Å². The molecule has 32 heavy (non-hydrogen) atoms. The van der Waals surface area contributed by atoms with Crippen LogP contribution in [0.4, 0.5) is 5.69 Å². The van der Waals surface area contributed by atoms with E-state index < -0.39 is 5.60 Å². The summed E-state index contributed by atoms with van der Waals surface area (Å²) in [5.41, 5.74) is 1.88. The number of methoxy groups -OCH3 is 2. The van der Waals surface area contributed by atoms with E-state index in [2.05, 4.69) is 32.6 Å². The fourth-order valence-electron chi connectivity index (χ4n) is 5.13. The molecule has 2 saturated heterocycles. The van der Waals surface area contributed by atoms with E-state index in [1.807, 2.05) is 41.3 Å². The Morgan fingerprint density at radius 1 is 1.16 bits per heavy atom. The minimum Gasteiger partial charge on any atom is -0.497 e. The fraction of sp³-hybridized carbons (Fsp3) is 0.444. The molecule has 5 heteroatoms. The zero-order valence-electron chi connectivity index (χ0n) is 19.5. The molecule has 0 aromatic heterocycles. The summed E-state index contributed by atoms with van der Waals surface area (Å²) in [6, 6.07) is 15.9. The largest absolute Gasteiger partial charge is 0.497 e. The van der Waals surface area contributed by atoms with Gasteiger partial charge in [-0.05, 0) is 48.4 Å². The van der Waals surface area contributed by atoms with Crippen molar-refractivity contribution in [3.05, 3.63) is 66.2 Å². The van der Waals surface area contributed by atoms with E-state index >= 15 is 0 Å². The molecule has 2 aliphatic heterocycles. The Hall–Kier alpha value is -2.79. The summed E-state index contributed by atoms with van der Waals surface area (Å²) in [5.74, 6) is 1.71. The van der Waals surface area contributed by atoms with E-state index in [4.69, 9.17) is 14.2 Å². The van der Waals surface area contributed by atoms with E-state index in [1.54, 1.807) is 14.2 Å². The Bertz CT molecular complexity index is 986. The molecule has 0 bridgehead atoms. The van der Waals surface area contributed by atoms with Gasteiger partial charge >= 0.3 is 0 Å². The molecule has 2 aliphatic rings. The predicted molar refractivity (Wildman–Crippen MR) is 126 cm³/mol. The van der Waals surface area contributed by atoms with Crippen molar-refractivity contribution in [2.75, 3.05) is 19.1 Å². The van der Waals surface area contributed by atoms with E-state index in [-0.39, 0.29) is 18.1 Å². The van der Waals surface area contributed by atoms with Crippen molar-refractivity contribution in [2.45, 2.75) is 57.3 Å². The Kier molecular flexibility index (Phi) is 6.29. The van der Waals surface area contributed by atoms with Crippen molar-refractivity contribution < 1.29 is 19.0 Å². The Morgan fingerprint density at radius 3 is 2.56 bits per heavy atom. The smallest absolute Gasteiger partial charge is 0.263 e. The summed E-state index contributed by atoms with van der Waals surface area (Å²) in [7, 11) is 3.24. The zero-order valence-corrected chi connectivity index (χ0v) is 19.5. The highest BCUT2D eigenvalue weighted by Gasteiger charge is 2.59. The lowest BCUT2D eigenvalue weighted by Gasteiger charge is -2.28. The van der Waals surface area contributed by atoms with Crippen LogP contribution >= 0.6 is 0 Å². The van der Waals surface area contributed by atoms with Gasteiger partial charge in [-0.2, -0.15) is 0 Å². The number of anilines is 1. The zero-order chi connectivity index (χ0) is 22.9. The van der Waals surface area contributed by atoms with Crippen LogP contribution in [-0.2, 0) is 16.0 Å². The van der Waals surface area contributed by atoms with Crippen molar-refractivity contribution in [3.8, 4) is 11.5 Å². The number of carbonyl (C=O) groups is 1. The first-order valence-corrected chi connectivity index (χ1v) is 11.3. The lowest BCUT2D eigenvalue weighted by atomic mass is 9.89. The van der Waals surface area contributed by atoms with Crippen molar-refractivity contribution >= 4 is 11.6 Å². The first-order valence-electron chi connectivity index (χ1n) is 11.3. The van der Waals surface area contributed by atoms with Crippen LogP contribution in [0, 0.1) is 5.92 Å². The molecular formula is C27H33NO4. The van der Waals surface area contributed by atoms with Gasteiger partial charge in [0.05, 0.1) is 26.0 Å². The van der Waals surface area contributed by atoms with Crippen LogP contribution < -0.4 is 14.4 Å². The van der Waals surface area contributed by atoms with Crippen molar-refractivity contribution in [3.63, 3.8) is 0 Å².